The van der Waals surface area contributed by atoms with E-state index in [1.807, 2.05) is 13.8 Å². The van der Waals surface area contributed by atoms with E-state index in [4.69, 9.17) is 0 Å². The largest absolute Gasteiger partial charge is 0.369 e. The monoisotopic (exact) mass is 291 g/mol. The summed E-state index contributed by atoms with van der Waals surface area (Å²) in [5, 5.41) is 7.72. The molecule has 2 N–H and O–H groups in total. The molecule has 2 rings (SSSR count). The highest BCUT2D eigenvalue weighted by Crippen LogP contribution is 2.26. The lowest BCUT2D eigenvalue weighted by Crippen LogP contribution is -2.10. The second kappa shape index (κ2) is 6.65. The molecule has 108 valence electrons. The zero-order chi connectivity index (χ0) is 14.5. The zero-order valence-corrected chi connectivity index (χ0v) is 13.2. The SMILES string of the molecule is CCCNc1cncc(NC(C)c2sc(C)nc2C)n1. The van der Waals surface area contributed by atoms with Crippen LogP contribution >= 0.6 is 11.3 Å². The first-order valence-corrected chi connectivity index (χ1v) is 7.68. The Morgan fingerprint density at radius 3 is 2.60 bits per heavy atom. The van der Waals surface area contributed by atoms with E-state index in [9.17, 15) is 0 Å². The first-order valence-electron chi connectivity index (χ1n) is 6.86. The fraction of sp³-hybridized carbons (Fsp3) is 0.500. The summed E-state index contributed by atoms with van der Waals surface area (Å²) in [6, 6.07) is 0.178. The molecule has 1 unspecified atom stereocenters. The maximum Gasteiger partial charge on any atom is 0.147 e. The second-order valence-electron chi connectivity index (χ2n) is 4.76. The summed E-state index contributed by atoms with van der Waals surface area (Å²) in [5.74, 6) is 1.59. The molecule has 2 heterocycles. The normalized spacial score (nSPS) is 12.2. The molecule has 1 atom stereocenters. The van der Waals surface area contributed by atoms with E-state index in [0.717, 1.165) is 35.3 Å². The third kappa shape index (κ3) is 3.66. The Balaban J connectivity index is 2.07. The van der Waals surface area contributed by atoms with Crippen molar-refractivity contribution in [2.24, 2.45) is 0 Å². The van der Waals surface area contributed by atoms with Gasteiger partial charge in [0.1, 0.15) is 11.6 Å². The molecule has 0 spiro atoms. The van der Waals surface area contributed by atoms with Crippen molar-refractivity contribution in [1.82, 2.24) is 15.0 Å². The summed E-state index contributed by atoms with van der Waals surface area (Å²) in [7, 11) is 0. The van der Waals surface area contributed by atoms with Gasteiger partial charge < -0.3 is 10.6 Å². The van der Waals surface area contributed by atoms with Gasteiger partial charge >= 0.3 is 0 Å². The summed E-state index contributed by atoms with van der Waals surface area (Å²) in [5.41, 5.74) is 1.08. The molecule has 0 saturated carbocycles. The van der Waals surface area contributed by atoms with Gasteiger partial charge in [-0.1, -0.05) is 6.92 Å². The molecule has 0 saturated heterocycles. The molecule has 0 radical (unpaired) electrons. The molecule has 5 nitrogen and oxygen atoms in total. The first kappa shape index (κ1) is 14.7. The van der Waals surface area contributed by atoms with Gasteiger partial charge in [-0.2, -0.15) is 0 Å². The molecule has 0 fully saturated rings. The minimum Gasteiger partial charge on any atom is -0.369 e. The Labute approximate surface area is 123 Å². The minimum absolute atomic E-state index is 0.178. The van der Waals surface area contributed by atoms with Gasteiger partial charge in [0.2, 0.25) is 0 Å². The van der Waals surface area contributed by atoms with Crippen LogP contribution in [-0.2, 0) is 0 Å². The lowest BCUT2D eigenvalue weighted by atomic mass is 10.2. The van der Waals surface area contributed by atoms with E-state index in [1.165, 1.54) is 4.88 Å². The number of thiazole rings is 1. The molecule has 0 aliphatic carbocycles. The summed E-state index contributed by atoms with van der Waals surface area (Å²) < 4.78 is 0. The van der Waals surface area contributed by atoms with Gasteiger partial charge in [-0.15, -0.1) is 11.3 Å². The maximum absolute atomic E-state index is 4.51. The van der Waals surface area contributed by atoms with Crippen LogP contribution in [0.5, 0.6) is 0 Å². The van der Waals surface area contributed by atoms with E-state index >= 15 is 0 Å². The van der Waals surface area contributed by atoms with Gasteiger partial charge in [-0.3, -0.25) is 4.98 Å². The fourth-order valence-corrected chi connectivity index (χ4v) is 2.94. The number of nitrogens with zero attached hydrogens (tertiary/aromatic N) is 3. The summed E-state index contributed by atoms with van der Waals surface area (Å²) >= 11 is 1.72. The Hall–Kier alpha value is -1.69. The van der Waals surface area contributed by atoms with E-state index < -0.39 is 0 Å². The van der Waals surface area contributed by atoms with Crippen LogP contribution in [0.3, 0.4) is 0 Å². The summed E-state index contributed by atoms with van der Waals surface area (Å²) in [6.45, 7) is 9.22. The summed E-state index contributed by atoms with van der Waals surface area (Å²) in [6.07, 6.45) is 4.56. The average Bonchev–Trinajstić information content (AvgIpc) is 2.76. The van der Waals surface area contributed by atoms with Crippen molar-refractivity contribution >= 4 is 23.0 Å². The van der Waals surface area contributed by atoms with Crippen LogP contribution in [0.15, 0.2) is 12.4 Å². The highest BCUT2D eigenvalue weighted by atomic mass is 32.1. The number of rotatable bonds is 6. The van der Waals surface area contributed by atoms with Crippen molar-refractivity contribution in [1.29, 1.82) is 0 Å². The maximum atomic E-state index is 4.51. The van der Waals surface area contributed by atoms with Crippen molar-refractivity contribution < 1.29 is 0 Å². The van der Waals surface area contributed by atoms with Gasteiger partial charge in [0.05, 0.1) is 29.1 Å². The lowest BCUT2D eigenvalue weighted by Gasteiger charge is -2.14. The van der Waals surface area contributed by atoms with Crippen LogP contribution in [-0.4, -0.2) is 21.5 Å². The summed E-state index contributed by atoms with van der Waals surface area (Å²) in [4.78, 5) is 14.4. The van der Waals surface area contributed by atoms with Crippen LogP contribution in [0, 0.1) is 13.8 Å². The van der Waals surface area contributed by atoms with Crippen molar-refractivity contribution in [3.63, 3.8) is 0 Å². The number of aromatic nitrogens is 3. The Morgan fingerprint density at radius 2 is 1.95 bits per heavy atom. The number of hydrogen-bond donors (Lipinski definition) is 2. The number of aryl methyl sites for hydroxylation is 2. The Bertz CT molecular complexity index is 566. The van der Waals surface area contributed by atoms with Crippen molar-refractivity contribution in [2.45, 2.75) is 40.2 Å². The molecule has 20 heavy (non-hydrogen) atoms. The van der Waals surface area contributed by atoms with Gasteiger partial charge in [0, 0.05) is 11.4 Å². The van der Waals surface area contributed by atoms with Crippen molar-refractivity contribution in [3.05, 3.63) is 28.0 Å². The third-order valence-corrected chi connectivity index (χ3v) is 4.14. The predicted molar refractivity (Wildman–Crippen MR) is 84.4 cm³/mol. The van der Waals surface area contributed by atoms with Crippen LogP contribution < -0.4 is 10.6 Å². The number of anilines is 2. The minimum atomic E-state index is 0.178. The van der Waals surface area contributed by atoms with Crippen molar-refractivity contribution in [3.8, 4) is 0 Å². The topological polar surface area (TPSA) is 62.7 Å². The van der Waals surface area contributed by atoms with Crippen LogP contribution in [0.2, 0.25) is 0 Å². The van der Waals surface area contributed by atoms with Gasteiger partial charge in [-0.25, -0.2) is 9.97 Å². The van der Waals surface area contributed by atoms with E-state index in [1.54, 1.807) is 23.7 Å². The van der Waals surface area contributed by atoms with E-state index in [2.05, 4.69) is 39.4 Å². The van der Waals surface area contributed by atoms with Crippen LogP contribution in [0.4, 0.5) is 11.6 Å². The molecule has 2 aromatic heterocycles. The smallest absolute Gasteiger partial charge is 0.147 e. The first-order chi connectivity index (χ1) is 9.60. The highest BCUT2D eigenvalue weighted by molar-refractivity contribution is 7.11. The Morgan fingerprint density at radius 1 is 1.20 bits per heavy atom. The number of nitrogens with one attached hydrogen (secondary N) is 2. The molecule has 0 amide bonds. The molecule has 0 aliphatic rings. The van der Waals surface area contributed by atoms with Crippen LogP contribution in [0.1, 0.15) is 41.9 Å². The molecular formula is C14H21N5S. The molecular weight excluding hydrogens is 270 g/mol. The molecule has 0 aromatic carbocycles. The fourth-order valence-electron chi connectivity index (χ4n) is 2.01. The zero-order valence-electron chi connectivity index (χ0n) is 12.4. The second-order valence-corrected chi connectivity index (χ2v) is 6.00. The lowest BCUT2D eigenvalue weighted by molar-refractivity contribution is 0.875. The number of hydrogen-bond acceptors (Lipinski definition) is 6. The Kier molecular flexibility index (Phi) is 4.89. The predicted octanol–water partition coefficient (Wildman–Crippen LogP) is 3.54. The quantitative estimate of drug-likeness (QED) is 0.852. The molecule has 2 aromatic rings. The van der Waals surface area contributed by atoms with Crippen molar-refractivity contribution in [2.75, 3.05) is 17.2 Å². The van der Waals surface area contributed by atoms with Gasteiger partial charge in [0.15, 0.2) is 0 Å². The van der Waals surface area contributed by atoms with Gasteiger partial charge in [0.25, 0.3) is 0 Å². The molecule has 0 bridgehead atoms. The molecule has 6 heteroatoms. The van der Waals surface area contributed by atoms with Gasteiger partial charge in [-0.05, 0) is 27.2 Å². The van der Waals surface area contributed by atoms with E-state index in [0.29, 0.717) is 0 Å². The van der Waals surface area contributed by atoms with Crippen LogP contribution in [0.25, 0.3) is 0 Å². The standard InChI is InChI=1S/C14H21N5S/c1-5-6-16-12-7-15-8-13(19-12)18-10(3)14-9(2)17-11(4)20-14/h7-8,10H,5-6H2,1-4H3,(H2,16,18,19). The highest BCUT2D eigenvalue weighted by Gasteiger charge is 2.13. The van der Waals surface area contributed by atoms with E-state index in [-0.39, 0.29) is 6.04 Å². The third-order valence-electron chi connectivity index (χ3n) is 2.89. The molecule has 0 aliphatic heterocycles. The average molecular weight is 291 g/mol.